The average molecular weight is 238 g/mol. The van der Waals surface area contributed by atoms with Gasteiger partial charge < -0.3 is 10.3 Å². The number of nitrogens with one attached hydrogen (secondary N) is 1. The number of carbonyl (C=O) groups excluding carboxylic acids is 2. The molecule has 0 aliphatic heterocycles. The van der Waals surface area contributed by atoms with Crippen molar-refractivity contribution in [1.29, 1.82) is 0 Å². The molecular weight excluding hydrogens is 228 g/mol. The number of aromatic hydroxyl groups is 1. The zero-order valence-corrected chi connectivity index (χ0v) is 8.62. The molecule has 0 fully saturated rings. The fourth-order valence-electron chi connectivity index (χ4n) is 1.16. The number of rotatable bonds is 4. The van der Waals surface area contributed by atoms with E-state index in [9.17, 15) is 9.59 Å². The predicted molar refractivity (Wildman–Crippen MR) is 56.2 cm³/mol. The van der Waals surface area contributed by atoms with Crippen LogP contribution in [-0.4, -0.2) is 32.9 Å². The average Bonchev–Trinajstić information content (AvgIpc) is 2.34. The van der Waals surface area contributed by atoms with Gasteiger partial charge in [-0.15, -0.1) is 0 Å². The number of oxime groups is 1. The molecule has 1 aromatic rings. The lowest BCUT2D eigenvalue weighted by Crippen LogP contribution is -2.29. The van der Waals surface area contributed by atoms with Crippen LogP contribution in [0.1, 0.15) is 16.8 Å². The first kappa shape index (κ1) is 12.7. The summed E-state index contributed by atoms with van der Waals surface area (Å²) in [6.07, 6.45) is -0.494. The fraction of sp³-hybridized carbons (Fsp3) is 0.100. The van der Waals surface area contributed by atoms with E-state index in [-0.39, 0.29) is 11.3 Å². The molecule has 1 rings (SSSR count). The second-order valence-electron chi connectivity index (χ2n) is 3.14. The third kappa shape index (κ3) is 3.28. The topological polar surface area (TPSA) is 119 Å². The summed E-state index contributed by atoms with van der Waals surface area (Å²) in [5.74, 6) is -1.69. The van der Waals surface area contributed by atoms with Gasteiger partial charge in [0.1, 0.15) is 5.75 Å². The summed E-state index contributed by atoms with van der Waals surface area (Å²) in [5, 5.41) is 28.6. The van der Waals surface area contributed by atoms with E-state index in [4.69, 9.17) is 15.5 Å². The number of carbonyl (C=O) groups is 2. The van der Waals surface area contributed by atoms with Gasteiger partial charge in [-0.05, 0) is 12.1 Å². The number of ketones is 1. The van der Waals surface area contributed by atoms with E-state index in [1.54, 1.807) is 0 Å². The number of phenols is 1. The first-order valence-electron chi connectivity index (χ1n) is 4.56. The van der Waals surface area contributed by atoms with Gasteiger partial charge in [0.25, 0.3) is 5.91 Å². The van der Waals surface area contributed by atoms with Crippen LogP contribution in [0.15, 0.2) is 29.4 Å². The number of benzene rings is 1. The summed E-state index contributed by atoms with van der Waals surface area (Å²) in [6, 6.07) is 5.50. The minimum absolute atomic E-state index is 0.0926. The van der Waals surface area contributed by atoms with Crippen LogP contribution in [-0.2, 0) is 4.79 Å². The van der Waals surface area contributed by atoms with E-state index in [2.05, 4.69) is 5.16 Å². The van der Waals surface area contributed by atoms with E-state index < -0.39 is 23.8 Å². The minimum Gasteiger partial charge on any atom is -0.508 e. The molecule has 0 saturated carbocycles. The first-order chi connectivity index (χ1) is 8.08. The molecule has 7 heteroatoms. The Morgan fingerprint density at radius 2 is 2.06 bits per heavy atom. The quantitative estimate of drug-likeness (QED) is 0.198. The summed E-state index contributed by atoms with van der Waals surface area (Å²) in [6.45, 7) is 0. The lowest BCUT2D eigenvalue weighted by atomic mass is 10.1. The highest BCUT2D eigenvalue weighted by molar-refractivity contribution is 6.42. The van der Waals surface area contributed by atoms with Crippen LogP contribution < -0.4 is 5.48 Å². The number of hydrogen-bond acceptors (Lipinski definition) is 6. The smallest absolute Gasteiger partial charge is 0.292 e. The molecule has 0 radical (unpaired) electrons. The van der Waals surface area contributed by atoms with Crippen molar-refractivity contribution in [1.82, 2.24) is 5.48 Å². The Labute approximate surface area is 96.0 Å². The van der Waals surface area contributed by atoms with Crippen LogP contribution in [0.5, 0.6) is 5.75 Å². The fourth-order valence-corrected chi connectivity index (χ4v) is 1.16. The van der Waals surface area contributed by atoms with Crippen molar-refractivity contribution in [3.05, 3.63) is 29.8 Å². The van der Waals surface area contributed by atoms with Crippen LogP contribution in [0, 0.1) is 0 Å². The van der Waals surface area contributed by atoms with E-state index in [0.717, 1.165) is 0 Å². The maximum Gasteiger partial charge on any atom is 0.292 e. The van der Waals surface area contributed by atoms with Gasteiger partial charge in [0.05, 0.1) is 6.42 Å². The highest BCUT2D eigenvalue weighted by atomic mass is 16.5. The van der Waals surface area contributed by atoms with E-state index in [0.29, 0.717) is 0 Å². The van der Waals surface area contributed by atoms with Gasteiger partial charge in [0, 0.05) is 5.56 Å². The third-order valence-electron chi connectivity index (χ3n) is 1.98. The molecule has 0 bridgehead atoms. The van der Waals surface area contributed by atoms with Gasteiger partial charge in [0.2, 0.25) is 0 Å². The highest BCUT2D eigenvalue weighted by Gasteiger charge is 2.17. The number of hydrogen-bond donors (Lipinski definition) is 4. The summed E-state index contributed by atoms with van der Waals surface area (Å²) < 4.78 is 0. The molecule has 0 heterocycles. The van der Waals surface area contributed by atoms with Crippen molar-refractivity contribution in [2.75, 3.05) is 0 Å². The third-order valence-corrected chi connectivity index (χ3v) is 1.98. The molecule has 0 aliphatic carbocycles. The molecule has 0 aromatic heterocycles. The predicted octanol–water partition coefficient (Wildman–Crippen LogP) is 0.301. The molecular formula is C10H10N2O5. The standard InChI is InChI=1S/C10H10N2O5/c13-7-3-1-2-6(4-7)9(14)5-8(11-16)10(15)12-17/h1-4,13,16-17H,5H2,(H,12,15). The highest BCUT2D eigenvalue weighted by Crippen LogP contribution is 2.12. The molecule has 0 atom stereocenters. The van der Waals surface area contributed by atoms with E-state index in [1.807, 2.05) is 0 Å². The van der Waals surface area contributed by atoms with Crippen LogP contribution in [0.4, 0.5) is 0 Å². The largest absolute Gasteiger partial charge is 0.508 e. The summed E-state index contributed by atoms with van der Waals surface area (Å²) in [7, 11) is 0. The molecule has 90 valence electrons. The van der Waals surface area contributed by atoms with Crippen LogP contribution >= 0.6 is 0 Å². The Bertz CT molecular complexity index is 470. The van der Waals surface area contributed by atoms with Gasteiger partial charge in [-0.2, -0.15) is 0 Å². The lowest BCUT2D eigenvalue weighted by Gasteiger charge is -2.02. The molecule has 7 nitrogen and oxygen atoms in total. The Morgan fingerprint density at radius 1 is 1.35 bits per heavy atom. The minimum atomic E-state index is -1.07. The van der Waals surface area contributed by atoms with Crippen LogP contribution in [0.3, 0.4) is 0 Å². The molecule has 17 heavy (non-hydrogen) atoms. The van der Waals surface area contributed by atoms with Gasteiger partial charge in [-0.1, -0.05) is 17.3 Å². The van der Waals surface area contributed by atoms with Crippen LogP contribution in [0.2, 0.25) is 0 Å². The van der Waals surface area contributed by atoms with Gasteiger partial charge >= 0.3 is 0 Å². The molecule has 0 spiro atoms. The number of phenolic OH excluding ortho intramolecular Hbond substituents is 1. The molecule has 1 aromatic carbocycles. The van der Waals surface area contributed by atoms with Crippen molar-refractivity contribution < 1.29 is 25.1 Å². The number of nitrogens with zero attached hydrogens (tertiary/aromatic N) is 1. The summed E-state index contributed by atoms with van der Waals surface area (Å²) in [5.41, 5.74) is 0.890. The number of hydroxylamine groups is 1. The van der Waals surface area contributed by atoms with Crippen molar-refractivity contribution >= 4 is 17.4 Å². The SMILES string of the molecule is O=C(NO)C(CC(=O)c1cccc(O)c1)=NO. The maximum absolute atomic E-state index is 11.6. The first-order valence-corrected chi connectivity index (χ1v) is 4.56. The molecule has 4 N–H and O–H groups in total. The normalized spacial score (nSPS) is 11.0. The van der Waals surface area contributed by atoms with Crippen LogP contribution in [0.25, 0.3) is 0 Å². The summed E-state index contributed by atoms with van der Waals surface area (Å²) in [4.78, 5) is 22.5. The van der Waals surface area contributed by atoms with Crippen molar-refractivity contribution in [2.24, 2.45) is 5.16 Å². The molecule has 1 amide bonds. The van der Waals surface area contributed by atoms with Gasteiger partial charge in [-0.25, -0.2) is 5.48 Å². The zero-order chi connectivity index (χ0) is 12.8. The second-order valence-corrected chi connectivity index (χ2v) is 3.14. The van der Waals surface area contributed by atoms with E-state index in [1.165, 1.54) is 29.7 Å². The van der Waals surface area contributed by atoms with Crippen molar-refractivity contribution in [3.8, 4) is 5.75 Å². The Balaban J connectivity index is 2.82. The van der Waals surface area contributed by atoms with Crippen molar-refractivity contribution in [3.63, 3.8) is 0 Å². The maximum atomic E-state index is 11.6. The molecule has 0 saturated heterocycles. The number of Topliss-reactive ketones (excluding diaryl/α,β-unsaturated/α-hetero) is 1. The summed E-state index contributed by atoms with van der Waals surface area (Å²) >= 11 is 0. The van der Waals surface area contributed by atoms with Gasteiger partial charge in [0.15, 0.2) is 11.5 Å². The van der Waals surface area contributed by atoms with Crippen molar-refractivity contribution in [2.45, 2.75) is 6.42 Å². The zero-order valence-electron chi connectivity index (χ0n) is 8.62. The Kier molecular flexibility index (Phi) is 4.18. The number of amides is 1. The Hall–Kier alpha value is -2.41. The lowest BCUT2D eigenvalue weighted by molar-refractivity contribution is -0.122. The molecule has 0 aliphatic rings. The second kappa shape index (κ2) is 5.61. The van der Waals surface area contributed by atoms with E-state index >= 15 is 0 Å². The Morgan fingerprint density at radius 3 is 2.59 bits per heavy atom. The molecule has 0 unspecified atom stereocenters. The van der Waals surface area contributed by atoms with Gasteiger partial charge in [-0.3, -0.25) is 14.8 Å². The monoisotopic (exact) mass is 238 g/mol.